The second kappa shape index (κ2) is 10.8. The lowest BCUT2D eigenvalue weighted by molar-refractivity contribution is -0.121. The van der Waals surface area contributed by atoms with Crippen molar-refractivity contribution in [2.24, 2.45) is 0 Å². The van der Waals surface area contributed by atoms with Crippen LogP contribution in [0.2, 0.25) is 0 Å². The van der Waals surface area contributed by atoms with Crippen molar-refractivity contribution in [1.29, 1.82) is 0 Å². The van der Waals surface area contributed by atoms with Gasteiger partial charge < -0.3 is 10.1 Å². The van der Waals surface area contributed by atoms with Gasteiger partial charge in [-0.05, 0) is 29.3 Å². The Morgan fingerprint density at radius 2 is 1.68 bits per heavy atom. The Hall–Kier alpha value is -2.40. The Morgan fingerprint density at radius 3 is 2.35 bits per heavy atom. The number of sulfonamides is 1. The van der Waals surface area contributed by atoms with E-state index in [1.807, 2.05) is 24.3 Å². The number of hydrogen-bond acceptors (Lipinski definition) is 5. The summed E-state index contributed by atoms with van der Waals surface area (Å²) in [5.41, 5.74) is 2.12. The molecule has 1 fully saturated rings. The summed E-state index contributed by atoms with van der Waals surface area (Å²) in [6.45, 7) is 4.35. The van der Waals surface area contributed by atoms with Gasteiger partial charge in [0.25, 0.3) is 0 Å². The van der Waals surface area contributed by atoms with Gasteiger partial charge in [-0.3, -0.25) is 9.69 Å². The normalized spacial score (nSPS) is 15.0. The molecule has 0 radical (unpaired) electrons. The third-order valence-corrected chi connectivity index (χ3v) is 6.33. The number of hydrogen-bond donors (Lipinski definition) is 2. The number of rotatable bonds is 9. The molecular weight excluding hydrogens is 428 g/mol. The molecule has 2 aromatic rings. The third kappa shape index (κ3) is 7.06. The van der Waals surface area contributed by atoms with Crippen LogP contribution in [0.5, 0.6) is 0 Å². The number of carbonyl (C=O) groups excluding carboxylic acids is 1. The molecule has 2 N–H and O–H groups in total. The molecule has 1 heterocycles. The van der Waals surface area contributed by atoms with Gasteiger partial charge in [0.15, 0.2) is 11.6 Å². The average molecular weight is 454 g/mol. The van der Waals surface area contributed by atoms with Gasteiger partial charge in [0.2, 0.25) is 15.9 Å². The molecule has 7 nitrogen and oxygen atoms in total. The van der Waals surface area contributed by atoms with Crippen LogP contribution in [0.4, 0.5) is 8.78 Å². The molecule has 0 aromatic heterocycles. The predicted molar refractivity (Wildman–Crippen MR) is 111 cm³/mol. The first-order chi connectivity index (χ1) is 14.8. The molecule has 0 saturated carbocycles. The van der Waals surface area contributed by atoms with E-state index in [4.69, 9.17) is 4.74 Å². The van der Waals surface area contributed by atoms with Gasteiger partial charge in [-0.15, -0.1) is 0 Å². The lowest BCUT2D eigenvalue weighted by Crippen LogP contribution is -2.35. The number of ether oxygens (including phenoxy) is 1. The number of amides is 1. The maximum Gasteiger partial charge on any atom is 0.240 e. The van der Waals surface area contributed by atoms with Crippen molar-refractivity contribution < 1.29 is 26.7 Å². The first kappa shape index (κ1) is 23.3. The Morgan fingerprint density at radius 1 is 1.00 bits per heavy atom. The molecule has 168 valence electrons. The number of halogens is 2. The Balaban J connectivity index is 1.40. The summed E-state index contributed by atoms with van der Waals surface area (Å²) in [5.74, 6) is -2.71. The van der Waals surface area contributed by atoms with Crippen molar-refractivity contribution in [1.82, 2.24) is 14.9 Å². The fourth-order valence-electron chi connectivity index (χ4n) is 3.10. The second-order valence-electron chi connectivity index (χ2n) is 7.21. The zero-order valence-corrected chi connectivity index (χ0v) is 17.8. The van der Waals surface area contributed by atoms with Gasteiger partial charge in [-0.25, -0.2) is 21.9 Å². The molecule has 0 aliphatic carbocycles. The van der Waals surface area contributed by atoms with E-state index in [-0.39, 0.29) is 18.9 Å². The highest BCUT2D eigenvalue weighted by Crippen LogP contribution is 2.13. The fraction of sp³-hybridized carbons (Fsp3) is 0.381. The van der Waals surface area contributed by atoms with Crippen LogP contribution < -0.4 is 10.0 Å². The maximum atomic E-state index is 13.2. The van der Waals surface area contributed by atoms with Crippen LogP contribution in [0, 0.1) is 11.6 Å². The molecule has 31 heavy (non-hydrogen) atoms. The number of morpholine rings is 1. The van der Waals surface area contributed by atoms with E-state index >= 15 is 0 Å². The van der Waals surface area contributed by atoms with Crippen molar-refractivity contribution in [2.45, 2.75) is 24.4 Å². The summed E-state index contributed by atoms with van der Waals surface area (Å²) in [7, 11) is -4.03. The monoisotopic (exact) mass is 453 g/mol. The highest BCUT2D eigenvalue weighted by Gasteiger charge is 2.16. The topological polar surface area (TPSA) is 87.7 Å². The molecule has 1 aliphatic heterocycles. The molecule has 0 bridgehead atoms. The smallest absolute Gasteiger partial charge is 0.240 e. The van der Waals surface area contributed by atoms with Crippen LogP contribution >= 0.6 is 0 Å². The van der Waals surface area contributed by atoms with Crippen LogP contribution in [0.1, 0.15) is 17.5 Å². The summed E-state index contributed by atoms with van der Waals surface area (Å²) in [5, 5.41) is 2.73. The summed E-state index contributed by atoms with van der Waals surface area (Å²) in [6.07, 6.45) is -0.0853. The molecule has 10 heteroatoms. The minimum absolute atomic E-state index is 0.0853. The first-order valence-electron chi connectivity index (χ1n) is 9.93. The van der Waals surface area contributed by atoms with Gasteiger partial charge in [0, 0.05) is 39.1 Å². The van der Waals surface area contributed by atoms with Gasteiger partial charge in [-0.1, -0.05) is 24.3 Å². The number of nitrogens with zero attached hydrogens (tertiary/aromatic N) is 1. The van der Waals surface area contributed by atoms with Crippen molar-refractivity contribution in [3.63, 3.8) is 0 Å². The largest absolute Gasteiger partial charge is 0.379 e. The fourth-order valence-corrected chi connectivity index (χ4v) is 4.14. The van der Waals surface area contributed by atoms with E-state index in [1.165, 1.54) is 5.56 Å². The van der Waals surface area contributed by atoms with Gasteiger partial charge >= 0.3 is 0 Å². The summed E-state index contributed by atoms with van der Waals surface area (Å²) >= 11 is 0. The standard InChI is InChI=1S/C21H25F2N3O4S/c22-19-6-5-18(13-20(19)23)31(28,29)25-8-7-21(27)24-14-16-1-3-17(4-2-16)15-26-9-11-30-12-10-26/h1-6,13,25H,7-12,14-15H2,(H,24,27). The highest BCUT2D eigenvalue weighted by atomic mass is 32.2. The SMILES string of the molecule is O=C(CCNS(=O)(=O)c1ccc(F)c(F)c1)NCc1ccc(CN2CCOCC2)cc1. The quantitative estimate of drug-likeness (QED) is 0.605. The lowest BCUT2D eigenvalue weighted by atomic mass is 10.1. The lowest BCUT2D eigenvalue weighted by Gasteiger charge is -2.26. The zero-order chi connectivity index (χ0) is 22.3. The summed E-state index contributed by atoms with van der Waals surface area (Å²) < 4.78 is 57.9. The van der Waals surface area contributed by atoms with E-state index in [0.717, 1.165) is 50.5 Å². The highest BCUT2D eigenvalue weighted by molar-refractivity contribution is 7.89. The molecule has 2 aromatic carbocycles. The van der Waals surface area contributed by atoms with E-state index < -0.39 is 26.6 Å². The number of nitrogens with one attached hydrogen (secondary N) is 2. The van der Waals surface area contributed by atoms with E-state index in [9.17, 15) is 22.0 Å². The van der Waals surface area contributed by atoms with Gasteiger partial charge in [-0.2, -0.15) is 0 Å². The van der Waals surface area contributed by atoms with Gasteiger partial charge in [0.1, 0.15) is 0 Å². The zero-order valence-electron chi connectivity index (χ0n) is 16.9. The van der Waals surface area contributed by atoms with E-state index in [1.54, 1.807) is 0 Å². The molecular formula is C21H25F2N3O4S. The van der Waals surface area contributed by atoms with Crippen LogP contribution in [0.25, 0.3) is 0 Å². The van der Waals surface area contributed by atoms with Crippen LogP contribution in [-0.4, -0.2) is 52.1 Å². The van der Waals surface area contributed by atoms with E-state index in [2.05, 4.69) is 14.9 Å². The second-order valence-corrected chi connectivity index (χ2v) is 8.97. The average Bonchev–Trinajstić information content (AvgIpc) is 2.76. The number of carbonyl (C=O) groups is 1. The summed E-state index contributed by atoms with van der Waals surface area (Å²) in [6, 6.07) is 10.2. The van der Waals surface area contributed by atoms with Crippen molar-refractivity contribution in [3.8, 4) is 0 Å². The Kier molecular flexibility index (Phi) is 8.08. The van der Waals surface area contributed by atoms with Gasteiger partial charge in [0.05, 0.1) is 18.1 Å². The molecule has 0 atom stereocenters. The van der Waals surface area contributed by atoms with Crippen molar-refractivity contribution in [2.75, 3.05) is 32.8 Å². The maximum absolute atomic E-state index is 13.2. The molecule has 0 unspecified atom stereocenters. The van der Waals surface area contributed by atoms with Crippen molar-refractivity contribution in [3.05, 3.63) is 65.2 Å². The Labute approximate surface area is 180 Å². The first-order valence-corrected chi connectivity index (χ1v) is 11.4. The van der Waals surface area contributed by atoms with Crippen LogP contribution in [0.3, 0.4) is 0 Å². The molecule has 1 amide bonds. The van der Waals surface area contributed by atoms with Crippen molar-refractivity contribution >= 4 is 15.9 Å². The minimum Gasteiger partial charge on any atom is -0.379 e. The molecule has 3 rings (SSSR count). The van der Waals surface area contributed by atoms with E-state index in [0.29, 0.717) is 12.6 Å². The minimum atomic E-state index is -4.03. The third-order valence-electron chi connectivity index (χ3n) is 4.87. The Bertz CT molecular complexity index is 994. The number of benzene rings is 2. The summed E-state index contributed by atoms with van der Waals surface area (Å²) in [4.78, 5) is 13.9. The predicted octanol–water partition coefficient (Wildman–Crippen LogP) is 1.78. The van der Waals surface area contributed by atoms with Crippen LogP contribution in [0.15, 0.2) is 47.4 Å². The molecule has 1 saturated heterocycles. The molecule has 0 spiro atoms. The van der Waals surface area contributed by atoms with Crippen LogP contribution in [-0.2, 0) is 32.6 Å². The molecule has 1 aliphatic rings.